The number of nitrogens with zero attached hydrogens (tertiary/aromatic N) is 1. The van der Waals surface area contributed by atoms with E-state index in [-0.39, 0.29) is 5.82 Å². The lowest BCUT2D eigenvalue weighted by molar-refractivity contribution is -0.0494. The molecule has 0 bridgehead atoms. The van der Waals surface area contributed by atoms with Gasteiger partial charge in [-0.05, 0) is 54.5 Å². The van der Waals surface area contributed by atoms with Crippen LogP contribution in [0.3, 0.4) is 0 Å². The van der Waals surface area contributed by atoms with Crippen LogP contribution in [0.4, 0.5) is 4.39 Å². The molecule has 5 heteroatoms. The van der Waals surface area contributed by atoms with E-state index < -0.39 is 5.60 Å². The van der Waals surface area contributed by atoms with Gasteiger partial charge in [-0.1, -0.05) is 50.7 Å². The van der Waals surface area contributed by atoms with Crippen LogP contribution in [0, 0.1) is 17.7 Å². The van der Waals surface area contributed by atoms with E-state index in [9.17, 15) is 9.50 Å². The second-order valence-electron chi connectivity index (χ2n) is 9.63. The summed E-state index contributed by atoms with van der Waals surface area (Å²) in [6.45, 7) is 2.53. The molecule has 2 saturated carbocycles. The van der Waals surface area contributed by atoms with Gasteiger partial charge in [-0.25, -0.2) is 4.39 Å². The summed E-state index contributed by atoms with van der Waals surface area (Å²) in [4.78, 5) is 2.19. The van der Waals surface area contributed by atoms with Gasteiger partial charge in [-0.15, -0.1) is 0 Å². The maximum absolute atomic E-state index is 13.6. The number of rotatable bonds is 12. The Kier molecular flexibility index (Phi) is 7.47. The molecule has 4 rings (SSSR count). The zero-order valence-corrected chi connectivity index (χ0v) is 18.7. The van der Waals surface area contributed by atoms with Crippen LogP contribution in [0.5, 0.6) is 0 Å². The first-order valence-corrected chi connectivity index (χ1v) is 11.8. The van der Waals surface area contributed by atoms with Gasteiger partial charge in [0.15, 0.2) is 0 Å². The summed E-state index contributed by atoms with van der Waals surface area (Å²) in [7, 11) is 1.69. The molecular weight excluding hydrogens is 393 g/mol. The van der Waals surface area contributed by atoms with E-state index in [0.717, 1.165) is 36.5 Å². The average Bonchev–Trinajstić information content (AvgIpc) is 3.15. The predicted molar refractivity (Wildman–Crippen MR) is 119 cm³/mol. The summed E-state index contributed by atoms with van der Waals surface area (Å²) in [6.07, 6.45) is 9.07. The van der Waals surface area contributed by atoms with Gasteiger partial charge in [0.2, 0.25) is 0 Å². The minimum absolute atomic E-state index is 0.221. The normalized spacial score (nSPS) is 17.7. The Balaban J connectivity index is 1.45. The van der Waals surface area contributed by atoms with Crippen molar-refractivity contribution in [3.8, 4) is 0 Å². The SMILES string of the molecule is COCCN(Cc1cccc(F)c1)Cc1ccc(C(O)(CC2CCC2)CC2CCC2)o1. The van der Waals surface area contributed by atoms with Crippen molar-refractivity contribution in [1.29, 1.82) is 0 Å². The average molecular weight is 430 g/mol. The molecule has 2 aliphatic rings. The lowest BCUT2D eigenvalue weighted by Gasteiger charge is -2.39. The van der Waals surface area contributed by atoms with Gasteiger partial charge in [0.1, 0.15) is 22.9 Å². The fourth-order valence-electron chi connectivity index (χ4n) is 4.89. The Labute approximate surface area is 185 Å². The maximum Gasteiger partial charge on any atom is 0.135 e. The largest absolute Gasteiger partial charge is 0.462 e. The fraction of sp³-hybridized carbons (Fsp3) is 0.615. The molecule has 1 aromatic carbocycles. The number of hydrogen-bond donors (Lipinski definition) is 1. The Morgan fingerprint density at radius 1 is 1.06 bits per heavy atom. The molecule has 31 heavy (non-hydrogen) atoms. The van der Waals surface area contributed by atoms with E-state index in [4.69, 9.17) is 9.15 Å². The zero-order chi connectivity index (χ0) is 21.7. The van der Waals surface area contributed by atoms with Crippen molar-refractivity contribution < 1.29 is 18.7 Å². The molecule has 0 radical (unpaired) electrons. The topological polar surface area (TPSA) is 45.8 Å². The minimum atomic E-state index is -0.853. The molecule has 170 valence electrons. The van der Waals surface area contributed by atoms with E-state index in [1.54, 1.807) is 19.2 Å². The smallest absolute Gasteiger partial charge is 0.135 e. The molecule has 2 aliphatic carbocycles. The third kappa shape index (κ3) is 5.97. The van der Waals surface area contributed by atoms with Crippen molar-refractivity contribution in [3.63, 3.8) is 0 Å². The molecule has 0 aliphatic heterocycles. The highest BCUT2D eigenvalue weighted by molar-refractivity contribution is 5.18. The van der Waals surface area contributed by atoms with Gasteiger partial charge >= 0.3 is 0 Å². The molecular formula is C26H36FNO3. The van der Waals surface area contributed by atoms with Gasteiger partial charge in [0.05, 0.1) is 13.2 Å². The third-order valence-corrected chi connectivity index (χ3v) is 7.11. The molecule has 1 N–H and O–H groups in total. The van der Waals surface area contributed by atoms with Crippen molar-refractivity contribution in [2.75, 3.05) is 20.3 Å². The molecule has 0 spiro atoms. The van der Waals surface area contributed by atoms with Gasteiger partial charge in [-0.2, -0.15) is 0 Å². The number of benzene rings is 1. The lowest BCUT2D eigenvalue weighted by Crippen LogP contribution is -2.34. The van der Waals surface area contributed by atoms with Gasteiger partial charge in [0.25, 0.3) is 0 Å². The molecule has 0 unspecified atom stereocenters. The minimum Gasteiger partial charge on any atom is -0.462 e. The van der Waals surface area contributed by atoms with Crippen molar-refractivity contribution in [2.24, 2.45) is 11.8 Å². The summed E-state index contributed by atoms with van der Waals surface area (Å²) >= 11 is 0. The number of furan rings is 1. The third-order valence-electron chi connectivity index (χ3n) is 7.11. The number of methoxy groups -OCH3 is 1. The van der Waals surface area contributed by atoms with Crippen molar-refractivity contribution in [1.82, 2.24) is 4.90 Å². The van der Waals surface area contributed by atoms with Crippen LogP contribution < -0.4 is 0 Å². The molecule has 2 fully saturated rings. The highest BCUT2D eigenvalue weighted by Gasteiger charge is 2.40. The predicted octanol–water partition coefficient (Wildman–Crippen LogP) is 5.64. The summed E-state index contributed by atoms with van der Waals surface area (Å²) in [6, 6.07) is 10.7. The number of ether oxygens (including phenoxy) is 1. The van der Waals surface area contributed by atoms with Crippen molar-refractivity contribution in [2.45, 2.75) is 70.1 Å². The first kappa shape index (κ1) is 22.5. The van der Waals surface area contributed by atoms with Crippen LogP contribution >= 0.6 is 0 Å². The summed E-state index contributed by atoms with van der Waals surface area (Å²) in [5.41, 5.74) is 0.0725. The van der Waals surface area contributed by atoms with Crippen LogP contribution in [0.25, 0.3) is 0 Å². The van der Waals surface area contributed by atoms with Crippen LogP contribution in [0.1, 0.15) is 68.5 Å². The lowest BCUT2D eigenvalue weighted by atomic mass is 9.70. The molecule has 1 aromatic heterocycles. The van der Waals surface area contributed by atoms with Crippen LogP contribution in [-0.4, -0.2) is 30.3 Å². The second-order valence-corrected chi connectivity index (χ2v) is 9.63. The van der Waals surface area contributed by atoms with E-state index in [0.29, 0.717) is 31.5 Å². The van der Waals surface area contributed by atoms with Crippen molar-refractivity contribution in [3.05, 3.63) is 59.3 Å². The molecule has 0 amide bonds. The van der Waals surface area contributed by atoms with Crippen LogP contribution in [-0.2, 0) is 23.4 Å². The quantitative estimate of drug-likeness (QED) is 0.475. The standard InChI is InChI=1S/C26H36FNO3/c1-30-14-13-28(18-22-9-4-10-23(27)15-22)19-24-11-12-25(31-24)26(29,16-20-5-2-6-20)17-21-7-3-8-21/h4,9-12,15,20-21,29H,2-3,5-8,13-14,16-19H2,1H3. The van der Waals surface area contributed by atoms with E-state index in [1.165, 1.54) is 44.6 Å². The number of aliphatic hydroxyl groups is 1. The van der Waals surface area contributed by atoms with E-state index >= 15 is 0 Å². The summed E-state index contributed by atoms with van der Waals surface area (Å²) in [5.74, 6) is 2.57. The highest BCUT2D eigenvalue weighted by Crippen LogP contribution is 2.45. The molecule has 0 atom stereocenters. The van der Waals surface area contributed by atoms with E-state index in [2.05, 4.69) is 4.90 Å². The first-order chi connectivity index (χ1) is 15.0. The van der Waals surface area contributed by atoms with Gasteiger partial charge in [0, 0.05) is 20.2 Å². The molecule has 2 aromatic rings. The Hall–Kier alpha value is -1.69. The summed E-state index contributed by atoms with van der Waals surface area (Å²) in [5, 5.41) is 11.6. The maximum atomic E-state index is 13.6. The Morgan fingerprint density at radius 2 is 1.77 bits per heavy atom. The monoisotopic (exact) mass is 429 g/mol. The zero-order valence-electron chi connectivity index (χ0n) is 18.7. The first-order valence-electron chi connectivity index (χ1n) is 11.8. The van der Waals surface area contributed by atoms with Crippen LogP contribution in [0.15, 0.2) is 40.8 Å². The van der Waals surface area contributed by atoms with Crippen molar-refractivity contribution >= 4 is 0 Å². The van der Waals surface area contributed by atoms with Crippen LogP contribution in [0.2, 0.25) is 0 Å². The fourth-order valence-corrected chi connectivity index (χ4v) is 4.89. The second kappa shape index (κ2) is 10.3. The molecule has 4 nitrogen and oxygen atoms in total. The number of hydrogen-bond acceptors (Lipinski definition) is 4. The Bertz CT molecular complexity index is 812. The van der Waals surface area contributed by atoms with E-state index in [1.807, 2.05) is 18.2 Å². The highest BCUT2D eigenvalue weighted by atomic mass is 19.1. The molecule has 0 saturated heterocycles. The number of halogens is 1. The summed E-state index contributed by atoms with van der Waals surface area (Å²) < 4.78 is 25.1. The molecule has 1 heterocycles. The van der Waals surface area contributed by atoms with Gasteiger partial charge < -0.3 is 14.3 Å². The Morgan fingerprint density at radius 3 is 2.35 bits per heavy atom. The van der Waals surface area contributed by atoms with Gasteiger partial charge in [-0.3, -0.25) is 4.90 Å².